The number of alkyl halides is 3. The van der Waals surface area contributed by atoms with Crippen molar-refractivity contribution < 1.29 is 13.2 Å². The number of rotatable bonds is 5. The lowest BCUT2D eigenvalue weighted by molar-refractivity contribution is -0.137. The number of hydrogen-bond donors (Lipinski definition) is 0. The lowest BCUT2D eigenvalue weighted by Gasteiger charge is -2.27. The summed E-state index contributed by atoms with van der Waals surface area (Å²) in [7, 11) is 0. The zero-order chi connectivity index (χ0) is 14.5. The van der Waals surface area contributed by atoms with E-state index in [-0.39, 0.29) is 24.7 Å². The highest BCUT2D eigenvalue weighted by Crippen LogP contribution is 2.35. The molecule has 19 heavy (non-hydrogen) atoms. The van der Waals surface area contributed by atoms with Crippen LogP contribution in [-0.2, 0) is 6.18 Å². The molecule has 6 heteroatoms. The van der Waals surface area contributed by atoms with E-state index in [1.807, 2.05) is 19.9 Å². The molecule has 0 saturated heterocycles. The molecule has 0 atom stereocenters. The molecule has 1 aromatic rings. The minimum Gasteiger partial charge on any atom is -0.355 e. The van der Waals surface area contributed by atoms with Gasteiger partial charge < -0.3 is 4.90 Å². The Labute approximate surface area is 110 Å². The Morgan fingerprint density at radius 1 is 1.42 bits per heavy atom. The van der Waals surface area contributed by atoms with E-state index < -0.39 is 11.7 Å². The highest BCUT2D eigenvalue weighted by molar-refractivity contribution is 5.48. The second kappa shape index (κ2) is 6.41. The van der Waals surface area contributed by atoms with Gasteiger partial charge in [0.2, 0.25) is 0 Å². The van der Waals surface area contributed by atoms with Crippen LogP contribution in [0.2, 0.25) is 0 Å². The third-order valence-electron chi connectivity index (χ3n) is 2.47. The molecule has 0 unspecified atom stereocenters. The number of aromatic nitrogens is 1. The topological polar surface area (TPSA) is 39.9 Å². The van der Waals surface area contributed by atoms with Crippen molar-refractivity contribution in [2.75, 3.05) is 18.0 Å². The molecule has 0 N–H and O–H groups in total. The number of nitriles is 1. The summed E-state index contributed by atoms with van der Waals surface area (Å²) in [6, 6.07) is 4.23. The minimum absolute atomic E-state index is 0.0982. The van der Waals surface area contributed by atoms with Gasteiger partial charge in [-0.15, -0.1) is 0 Å². The van der Waals surface area contributed by atoms with Gasteiger partial charge in [-0.3, -0.25) is 0 Å². The van der Waals surface area contributed by atoms with Crippen LogP contribution in [0.25, 0.3) is 0 Å². The smallest absolute Gasteiger partial charge is 0.355 e. The van der Waals surface area contributed by atoms with Gasteiger partial charge in [0.1, 0.15) is 5.82 Å². The lowest BCUT2D eigenvalue weighted by Crippen LogP contribution is -2.31. The van der Waals surface area contributed by atoms with Gasteiger partial charge in [-0.25, -0.2) is 4.98 Å². The van der Waals surface area contributed by atoms with Crippen LogP contribution in [0.15, 0.2) is 18.3 Å². The number of halogens is 3. The van der Waals surface area contributed by atoms with Crippen LogP contribution in [0.1, 0.15) is 25.8 Å². The molecule has 0 aromatic carbocycles. The molecule has 1 heterocycles. The monoisotopic (exact) mass is 271 g/mol. The first-order chi connectivity index (χ1) is 8.86. The van der Waals surface area contributed by atoms with Gasteiger partial charge in [0.05, 0.1) is 18.1 Å². The van der Waals surface area contributed by atoms with Gasteiger partial charge in [-0.1, -0.05) is 13.8 Å². The SMILES string of the molecule is CC(C)CN(CCC#N)c1ncccc1C(F)(F)F. The van der Waals surface area contributed by atoms with Crippen molar-refractivity contribution in [2.24, 2.45) is 5.92 Å². The fourth-order valence-corrected chi connectivity index (χ4v) is 1.78. The molecule has 0 amide bonds. The fourth-order valence-electron chi connectivity index (χ4n) is 1.78. The Hall–Kier alpha value is -1.77. The summed E-state index contributed by atoms with van der Waals surface area (Å²) in [6.07, 6.45) is -2.93. The Bertz CT molecular complexity index is 449. The third kappa shape index (κ3) is 4.43. The summed E-state index contributed by atoms with van der Waals surface area (Å²) >= 11 is 0. The van der Waals surface area contributed by atoms with Crippen molar-refractivity contribution in [3.63, 3.8) is 0 Å². The van der Waals surface area contributed by atoms with Gasteiger partial charge in [-0.05, 0) is 18.1 Å². The quantitative estimate of drug-likeness (QED) is 0.823. The average Bonchev–Trinajstić information content (AvgIpc) is 2.33. The van der Waals surface area contributed by atoms with Crippen LogP contribution in [0.5, 0.6) is 0 Å². The first kappa shape index (κ1) is 15.3. The molecule has 3 nitrogen and oxygen atoms in total. The van der Waals surface area contributed by atoms with E-state index >= 15 is 0 Å². The van der Waals surface area contributed by atoms with E-state index in [2.05, 4.69) is 4.98 Å². The maximum absolute atomic E-state index is 12.9. The van der Waals surface area contributed by atoms with E-state index in [1.165, 1.54) is 17.2 Å². The zero-order valence-corrected chi connectivity index (χ0v) is 10.9. The van der Waals surface area contributed by atoms with E-state index in [4.69, 9.17) is 5.26 Å². The third-order valence-corrected chi connectivity index (χ3v) is 2.47. The summed E-state index contributed by atoms with van der Waals surface area (Å²) < 4.78 is 38.8. The summed E-state index contributed by atoms with van der Waals surface area (Å²) in [6.45, 7) is 4.50. The Morgan fingerprint density at radius 2 is 2.11 bits per heavy atom. The van der Waals surface area contributed by atoms with Crippen LogP contribution in [-0.4, -0.2) is 18.1 Å². The Balaban J connectivity index is 3.11. The molecular weight excluding hydrogens is 255 g/mol. The number of nitrogens with zero attached hydrogens (tertiary/aromatic N) is 3. The minimum atomic E-state index is -4.44. The van der Waals surface area contributed by atoms with E-state index in [0.29, 0.717) is 6.54 Å². The zero-order valence-electron chi connectivity index (χ0n) is 10.9. The molecule has 1 aromatic heterocycles. The van der Waals surface area contributed by atoms with Crippen molar-refractivity contribution in [3.8, 4) is 6.07 Å². The molecule has 0 aliphatic carbocycles. The van der Waals surface area contributed by atoms with E-state index in [1.54, 1.807) is 0 Å². The second-order valence-electron chi connectivity index (χ2n) is 4.62. The second-order valence-corrected chi connectivity index (χ2v) is 4.62. The first-order valence-electron chi connectivity index (χ1n) is 6.00. The van der Waals surface area contributed by atoms with Crippen molar-refractivity contribution in [1.29, 1.82) is 5.26 Å². The summed E-state index contributed by atoms with van der Waals surface area (Å²) in [5, 5.41) is 8.61. The summed E-state index contributed by atoms with van der Waals surface area (Å²) in [5.74, 6) is 0.0840. The van der Waals surface area contributed by atoms with Gasteiger partial charge >= 0.3 is 6.18 Å². The lowest BCUT2D eigenvalue weighted by atomic mass is 10.1. The average molecular weight is 271 g/mol. The van der Waals surface area contributed by atoms with Crippen LogP contribution >= 0.6 is 0 Å². The summed E-state index contributed by atoms with van der Waals surface area (Å²) in [5.41, 5.74) is -0.756. The fraction of sp³-hybridized carbons (Fsp3) is 0.538. The predicted molar refractivity (Wildman–Crippen MR) is 66.5 cm³/mol. The maximum atomic E-state index is 12.9. The van der Waals surface area contributed by atoms with Crippen LogP contribution in [0.4, 0.5) is 19.0 Å². The Morgan fingerprint density at radius 3 is 2.63 bits per heavy atom. The molecule has 0 fully saturated rings. The molecule has 0 saturated carbocycles. The molecule has 0 radical (unpaired) electrons. The van der Waals surface area contributed by atoms with Crippen molar-refractivity contribution in [1.82, 2.24) is 4.98 Å². The first-order valence-corrected chi connectivity index (χ1v) is 6.00. The highest BCUT2D eigenvalue weighted by atomic mass is 19.4. The van der Waals surface area contributed by atoms with Crippen LogP contribution in [0.3, 0.4) is 0 Å². The normalized spacial score (nSPS) is 11.4. The van der Waals surface area contributed by atoms with Gasteiger partial charge in [0.15, 0.2) is 0 Å². The number of anilines is 1. The largest absolute Gasteiger partial charge is 0.419 e. The van der Waals surface area contributed by atoms with Gasteiger partial charge in [0.25, 0.3) is 0 Å². The van der Waals surface area contributed by atoms with Crippen molar-refractivity contribution in [2.45, 2.75) is 26.4 Å². The number of pyridine rings is 1. The molecule has 0 bridgehead atoms. The Kier molecular flexibility index (Phi) is 5.16. The van der Waals surface area contributed by atoms with Crippen molar-refractivity contribution in [3.05, 3.63) is 23.9 Å². The molecule has 1 rings (SSSR count). The molecule has 0 aliphatic rings. The molecule has 0 spiro atoms. The van der Waals surface area contributed by atoms with E-state index in [0.717, 1.165) is 6.07 Å². The van der Waals surface area contributed by atoms with Gasteiger partial charge in [-0.2, -0.15) is 18.4 Å². The van der Waals surface area contributed by atoms with Gasteiger partial charge in [0, 0.05) is 19.3 Å². The molecule has 0 aliphatic heterocycles. The van der Waals surface area contributed by atoms with Crippen LogP contribution in [0, 0.1) is 17.2 Å². The standard InChI is InChI=1S/C13H16F3N3/c1-10(2)9-19(8-4-6-17)12-11(13(14,15)16)5-3-7-18-12/h3,5,7,10H,4,8-9H2,1-2H3. The molecular formula is C13H16F3N3. The van der Waals surface area contributed by atoms with Crippen LogP contribution < -0.4 is 4.90 Å². The van der Waals surface area contributed by atoms with E-state index in [9.17, 15) is 13.2 Å². The maximum Gasteiger partial charge on any atom is 0.419 e. The highest BCUT2D eigenvalue weighted by Gasteiger charge is 2.35. The molecule has 104 valence electrons. The number of hydrogen-bond acceptors (Lipinski definition) is 3. The summed E-state index contributed by atoms with van der Waals surface area (Å²) in [4.78, 5) is 5.37. The predicted octanol–water partition coefficient (Wildman–Crippen LogP) is 3.48. The van der Waals surface area contributed by atoms with Crippen molar-refractivity contribution >= 4 is 5.82 Å².